The largest absolute Gasteiger partial charge is 0.413 e. The van der Waals surface area contributed by atoms with Gasteiger partial charge in [0.15, 0.2) is 8.32 Å². The van der Waals surface area contributed by atoms with Crippen molar-refractivity contribution >= 4 is 30.9 Å². The molecule has 0 spiro atoms. The van der Waals surface area contributed by atoms with Crippen molar-refractivity contribution in [3.63, 3.8) is 0 Å². The molecule has 16 heavy (non-hydrogen) atoms. The molecule has 0 atom stereocenters. The fourth-order valence-corrected chi connectivity index (χ4v) is 4.82. The van der Waals surface area contributed by atoms with Crippen molar-refractivity contribution in [3.05, 3.63) is 33.4 Å². The topological polar surface area (TPSA) is 9.23 Å². The molecule has 0 saturated carbocycles. The Bertz CT molecular complexity index is 298. The summed E-state index contributed by atoms with van der Waals surface area (Å²) in [6, 6.07) is 12.3. The summed E-state index contributed by atoms with van der Waals surface area (Å²) < 4.78 is 7.52. The van der Waals surface area contributed by atoms with Gasteiger partial charge in [-0.1, -0.05) is 32.9 Å². The van der Waals surface area contributed by atoms with Gasteiger partial charge in [0.2, 0.25) is 0 Å². The van der Waals surface area contributed by atoms with Gasteiger partial charge >= 0.3 is 0 Å². The summed E-state index contributed by atoms with van der Waals surface area (Å²) >= 11 is 2.33. The van der Waals surface area contributed by atoms with Crippen LogP contribution in [0.25, 0.3) is 0 Å². The summed E-state index contributed by atoms with van der Waals surface area (Å²) in [5.74, 6) is 0. The van der Waals surface area contributed by atoms with E-state index >= 15 is 0 Å². The summed E-state index contributed by atoms with van der Waals surface area (Å²) in [5.41, 5.74) is 1.30. The SMILES string of the molecule is CC[Si](CC)(CC)OCc1ccc(I)cc1. The third-order valence-electron chi connectivity index (χ3n) is 3.39. The van der Waals surface area contributed by atoms with Crippen molar-refractivity contribution in [3.8, 4) is 0 Å². The molecule has 1 aromatic rings. The average Bonchev–Trinajstić information content (AvgIpc) is 2.34. The van der Waals surface area contributed by atoms with Crippen LogP contribution in [-0.2, 0) is 11.0 Å². The highest BCUT2D eigenvalue weighted by Gasteiger charge is 2.28. The van der Waals surface area contributed by atoms with Gasteiger partial charge in [-0.2, -0.15) is 0 Å². The molecule has 0 fully saturated rings. The van der Waals surface area contributed by atoms with E-state index in [2.05, 4.69) is 67.6 Å². The van der Waals surface area contributed by atoms with Crippen LogP contribution in [0.5, 0.6) is 0 Å². The third kappa shape index (κ3) is 3.86. The molecule has 0 aromatic heterocycles. The van der Waals surface area contributed by atoms with Crippen molar-refractivity contribution in [2.45, 2.75) is 45.5 Å². The Morgan fingerprint density at radius 1 is 1.00 bits per heavy atom. The van der Waals surface area contributed by atoms with Gasteiger partial charge in [-0.15, -0.1) is 0 Å². The van der Waals surface area contributed by atoms with E-state index < -0.39 is 8.32 Å². The number of hydrogen-bond acceptors (Lipinski definition) is 1. The minimum Gasteiger partial charge on any atom is -0.413 e. The molecule has 0 N–H and O–H groups in total. The first-order valence-corrected chi connectivity index (χ1v) is 9.65. The predicted molar refractivity (Wildman–Crippen MR) is 81.1 cm³/mol. The molecule has 0 aliphatic rings. The van der Waals surface area contributed by atoms with E-state index in [1.807, 2.05) is 0 Å². The zero-order chi connectivity index (χ0) is 12.0. The van der Waals surface area contributed by atoms with E-state index in [0.717, 1.165) is 6.61 Å². The molecule has 0 bridgehead atoms. The van der Waals surface area contributed by atoms with Crippen LogP contribution < -0.4 is 0 Å². The lowest BCUT2D eigenvalue weighted by Crippen LogP contribution is -2.35. The Morgan fingerprint density at radius 3 is 1.94 bits per heavy atom. The second kappa shape index (κ2) is 6.76. The molecule has 0 amide bonds. The monoisotopic (exact) mass is 348 g/mol. The van der Waals surface area contributed by atoms with Crippen molar-refractivity contribution < 1.29 is 4.43 Å². The van der Waals surface area contributed by atoms with Crippen LogP contribution in [0.4, 0.5) is 0 Å². The van der Waals surface area contributed by atoms with Crippen LogP contribution in [-0.4, -0.2) is 8.32 Å². The predicted octanol–water partition coefficient (Wildman–Crippen LogP) is 4.81. The molecule has 90 valence electrons. The third-order valence-corrected chi connectivity index (χ3v) is 8.73. The lowest BCUT2D eigenvalue weighted by molar-refractivity contribution is 0.287. The quantitative estimate of drug-likeness (QED) is 0.529. The highest BCUT2D eigenvalue weighted by Crippen LogP contribution is 2.23. The van der Waals surface area contributed by atoms with Gasteiger partial charge < -0.3 is 4.43 Å². The number of hydrogen-bond donors (Lipinski definition) is 0. The van der Waals surface area contributed by atoms with Gasteiger partial charge in [0.1, 0.15) is 0 Å². The van der Waals surface area contributed by atoms with Crippen LogP contribution in [0.1, 0.15) is 26.3 Å². The average molecular weight is 348 g/mol. The zero-order valence-corrected chi connectivity index (χ0v) is 13.6. The maximum absolute atomic E-state index is 6.24. The molecule has 0 aliphatic carbocycles. The van der Waals surface area contributed by atoms with Crippen molar-refractivity contribution in [2.75, 3.05) is 0 Å². The van der Waals surface area contributed by atoms with Gasteiger partial charge in [0, 0.05) is 3.57 Å². The number of rotatable bonds is 6. The summed E-state index contributed by atoms with van der Waals surface area (Å²) in [6.07, 6.45) is 0. The van der Waals surface area contributed by atoms with Gasteiger partial charge in [-0.25, -0.2) is 0 Å². The van der Waals surface area contributed by atoms with E-state index in [1.54, 1.807) is 0 Å². The zero-order valence-electron chi connectivity index (χ0n) is 10.4. The number of halogens is 1. The smallest absolute Gasteiger partial charge is 0.192 e. The normalized spacial score (nSPS) is 11.8. The summed E-state index contributed by atoms with van der Waals surface area (Å²) in [4.78, 5) is 0. The molecule has 1 aromatic carbocycles. The summed E-state index contributed by atoms with van der Waals surface area (Å²) in [6.45, 7) is 7.60. The molecule has 1 nitrogen and oxygen atoms in total. The molecule has 0 radical (unpaired) electrons. The van der Waals surface area contributed by atoms with E-state index in [0.29, 0.717) is 0 Å². The van der Waals surface area contributed by atoms with Crippen molar-refractivity contribution in [1.82, 2.24) is 0 Å². The standard InChI is InChI=1S/C13H21IOSi/c1-4-16(5-2,6-3)15-11-12-7-9-13(14)10-8-12/h7-10H,4-6,11H2,1-3H3. The van der Waals surface area contributed by atoms with Gasteiger partial charge in [-0.3, -0.25) is 0 Å². The first kappa shape index (κ1) is 14.2. The minimum absolute atomic E-state index is 0.790. The van der Waals surface area contributed by atoms with E-state index in [4.69, 9.17) is 4.43 Å². The Morgan fingerprint density at radius 2 is 1.50 bits per heavy atom. The van der Waals surface area contributed by atoms with Crippen molar-refractivity contribution in [2.24, 2.45) is 0 Å². The van der Waals surface area contributed by atoms with Gasteiger partial charge in [0.25, 0.3) is 0 Å². The summed E-state index contributed by atoms with van der Waals surface area (Å²) in [5, 5.41) is 0. The Balaban J connectivity index is 2.58. The second-order valence-corrected chi connectivity index (χ2v) is 10.2. The Labute approximate surface area is 114 Å². The maximum atomic E-state index is 6.24. The van der Waals surface area contributed by atoms with Crippen molar-refractivity contribution in [1.29, 1.82) is 0 Å². The molecule has 0 unspecified atom stereocenters. The lowest BCUT2D eigenvalue weighted by atomic mass is 10.2. The van der Waals surface area contributed by atoms with E-state index in [1.165, 1.54) is 27.3 Å². The van der Waals surface area contributed by atoms with Gasteiger partial charge in [0.05, 0.1) is 6.61 Å². The van der Waals surface area contributed by atoms with Crippen LogP contribution in [0.3, 0.4) is 0 Å². The fraction of sp³-hybridized carbons (Fsp3) is 0.538. The highest BCUT2D eigenvalue weighted by atomic mass is 127. The van der Waals surface area contributed by atoms with Crippen LogP contribution in [0.2, 0.25) is 18.1 Å². The molecule has 0 aliphatic heterocycles. The molecular formula is C13H21IOSi. The molecule has 3 heteroatoms. The summed E-state index contributed by atoms with van der Waals surface area (Å²) in [7, 11) is -1.42. The van der Waals surface area contributed by atoms with Gasteiger partial charge in [-0.05, 0) is 58.4 Å². The van der Waals surface area contributed by atoms with E-state index in [9.17, 15) is 0 Å². The van der Waals surface area contributed by atoms with Crippen LogP contribution in [0.15, 0.2) is 24.3 Å². The fourth-order valence-electron chi connectivity index (χ4n) is 1.87. The number of benzene rings is 1. The lowest BCUT2D eigenvalue weighted by Gasteiger charge is -2.28. The van der Waals surface area contributed by atoms with Crippen LogP contribution >= 0.6 is 22.6 Å². The first-order valence-electron chi connectivity index (χ1n) is 6.04. The first-order chi connectivity index (χ1) is 7.65. The molecule has 0 heterocycles. The second-order valence-electron chi connectivity index (χ2n) is 4.16. The molecule has 0 saturated heterocycles. The Kier molecular flexibility index (Phi) is 6.00. The minimum atomic E-state index is -1.42. The van der Waals surface area contributed by atoms with E-state index in [-0.39, 0.29) is 0 Å². The molecule has 1 rings (SSSR count). The maximum Gasteiger partial charge on any atom is 0.192 e. The molecular weight excluding hydrogens is 327 g/mol. The van der Waals surface area contributed by atoms with Crippen LogP contribution in [0, 0.1) is 3.57 Å². The Hall–Kier alpha value is 0.127. The highest BCUT2D eigenvalue weighted by molar-refractivity contribution is 14.1.